The molecule has 2 N–H and O–H groups in total. The summed E-state index contributed by atoms with van der Waals surface area (Å²) in [7, 11) is 0. The number of benzene rings is 1. The van der Waals surface area contributed by atoms with Gasteiger partial charge in [0.15, 0.2) is 0 Å². The molecule has 0 atom stereocenters. The first-order valence-electron chi connectivity index (χ1n) is 5.28. The molecule has 5 heteroatoms. The molecule has 0 spiro atoms. The number of ether oxygens (including phenoxy) is 1. The summed E-state index contributed by atoms with van der Waals surface area (Å²) in [4.78, 5) is 22.1. The van der Waals surface area contributed by atoms with E-state index in [9.17, 15) is 9.59 Å². The van der Waals surface area contributed by atoms with Crippen LogP contribution in [0, 0.1) is 0 Å². The highest BCUT2D eigenvalue weighted by Gasteiger charge is 2.22. The zero-order chi connectivity index (χ0) is 13.0. The van der Waals surface area contributed by atoms with E-state index in [4.69, 9.17) is 14.9 Å². The van der Waals surface area contributed by atoms with Crippen molar-refractivity contribution < 1.29 is 24.5 Å². The minimum Gasteiger partial charge on any atom is -0.494 e. The van der Waals surface area contributed by atoms with Gasteiger partial charge in [-0.15, -0.1) is 0 Å². The fourth-order valence-corrected chi connectivity index (χ4v) is 1.69. The van der Waals surface area contributed by atoms with Crippen LogP contribution in [-0.4, -0.2) is 28.8 Å². The molecule has 0 radical (unpaired) electrons. The molecule has 0 heterocycles. The third-order valence-electron chi connectivity index (χ3n) is 2.37. The number of carboxylic acids is 2. The first kappa shape index (κ1) is 13.0. The summed E-state index contributed by atoms with van der Waals surface area (Å²) < 4.78 is 5.30. The van der Waals surface area contributed by atoms with Crippen LogP contribution < -0.4 is 4.74 Å². The third-order valence-corrected chi connectivity index (χ3v) is 2.37. The lowest BCUT2D eigenvalue weighted by Crippen LogP contribution is -2.12. The molecule has 0 aliphatic heterocycles. The molecule has 0 saturated heterocycles. The SMILES string of the molecule is CCOc1ccc(C(=O)O)c(C(=O)O)c1CC. The molecular weight excluding hydrogens is 224 g/mol. The van der Waals surface area contributed by atoms with Crippen molar-refractivity contribution in [2.75, 3.05) is 6.61 Å². The monoisotopic (exact) mass is 238 g/mol. The lowest BCUT2D eigenvalue weighted by atomic mass is 9.98. The molecule has 1 aromatic carbocycles. The van der Waals surface area contributed by atoms with Crippen molar-refractivity contribution in [3.63, 3.8) is 0 Å². The summed E-state index contributed by atoms with van der Waals surface area (Å²) in [5.41, 5.74) is 0.0167. The Morgan fingerprint density at radius 1 is 1.18 bits per heavy atom. The number of carbonyl (C=O) groups is 2. The standard InChI is InChI=1S/C12H14O5/c1-3-7-9(17-4-2)6-5-8(11(13)14)10(7)12(15)16/h5-6H,3-4H2,1-2H3,(H,13,14)(H,15,16). The van der Waals surface area contributed by atoms with Gasteiger partial charge in [0.05, 0.1) is 17.7 Å². The van der Waals surface area contributed by atoms with Gasteiger partial charge in [0.2, 0.25) is 0 Å². The Balaban J connectivity index is 3.49. The number of hydrogen-bond acceptors (Lipinski definition) is 3. The maximum atomic E-state index is 11.1. The molecule has 1 rings (SSSR count). The predicted molar refractivity (Wildman–Crippen MR) is 60.9 cm³/mol. The molecule has 17 heavy (non-hydrogen) atoms. The Bertz CT molecular complexity index is 450. The summed E-state index contributed by atoms with van der Waals surface area (Å²) in [5, 5.41) is 18.1. The number of carboxylic acid groups (broad SMARTS) is 2. The van der Waals surface area contributed by atoms with E-state index in [2.05, 4.69) is 0 Å². The number of hydrogen-bond donors (Lipinski definition) is 2. The maximum Gasteiger partial charge on any atom is 0.336 e. The van der Waals surface area contributed by atoms with Crippen molar-refractivity contribution in [3.05, 3.63) is 28.8 Å². The van der Waals surface area contributed by atoms with Crippen LogP contribution in [0.25, 0.3) is 0 Å². The highest BCUT2D eigenvalue weighted by atomic mass is 16.5. The predicted octanol–water partition coefficient (Wildman–Crippen LogP) is 2.04. The first-order valence-corrected chi connectivity index (χ1v) is 5.28. The lowest BCUT2D eigenvalue weighted by Gasteiger charge is -2.13. The quantitative estimate of drug-likeness (QED) is 0.820. The van der Waals surface area contributed by atoms with E-state index in [1.807, 2.05) is 0 Å². The molecule has 1 aromatic rings. The van der Waals surface area contributed by atoms with E-state index in [1.165, 1.54) is 12.1 Å². The second kappa shape index (κ2) is 5.34. The first-order chi connectivity index (χ1) is 8.02. The summed E-state index contributed by atoms with van der Waals surface area (Å²) in [5.74, 6) is -2.07. The van der Waals surface area contributed by atoms with Gasteiger partial charge in [-0.3, -0.25) is 0 Å². The summed E-state index contributed by atoms with van der Waals surface area (Å²) in [6.07, 6.45) is 0.401. The van der Waals surface area contributed by atoms with Crippen LogP contribution in [0.3, 0.4) is 0 Å². The van der Waals surface area contributed by atoms with E-state index in [0.717, 1.165) is 0 Å². The van der Waals surface area contributed by atoms with Gasteiger partial charge in [-0.05, 0) is 25.5 Å². The zero-order valence-electron chi connectivity index (χ0n) is 9.69. The highest BCUT2D eigenvalue weighted by Crippen LogP contribution is 2.26. The molecule has 0 aliphatic rings. The number of rotatable bonds is 5. The molecule has 0 unspecified atom stereocenters. The van der Waals surface area contributed by atoms with E-state index >= 15 is 0 Å². The molecule has 0 saturated carbocycles. The smallest absolute Gasteiger partial charge is 0.336 e. The van der Waals surface area contributed by atoms with Crippen LogP contribution in [0.15, 0.2) is 12.1 Å². The van der Waals surface area contributed by atoms with Crippen molar-refractivity contribution in [2.24, 2.45) is 0 Å². The Morgan fingerprint density at radius 2 is 1.82 bits per heavy atom. The third kappa shape index (κ3) is 2.55. The highest BCUT2D eigenvalue weighted by molar-refractivity contribution is 6.03. The Morgan fingerprint density at radius 3 is 2.24 bits per heavy atom. The topological polar surface area (TPSA) is 83.8 Å². The van der Waals surface area contributed by atoms with Gasteiger partial charge in [0, 0.05) is 5.56 Å². The molecule has 0 amide bonds. The van der Waals surface area contributed by atoms with Crippen molar-refractivity contribution in [1.82, 2.24) is 0 Å². The normalized spacial score (nSPS) is 10.0. The average Bonchev–Trinajstić information content (AvgIpc) is 2.28. The fourth-order valence-electron chi connectivity index (χ4n) is 1.69. The summed E-state index contributed by atoms with van der Waals surface area (Å²) in [6, 6.07) is 2.76. The zero-order valence-corrected chi connectivity index (χ0v) is 9.69. The molecule has 5 nitrogen and oxygen atoms in total. The van der Waals surface area contributed by atoms with Gasteiger partial charge in [0.1, 0.15) is 5.75 Å². The summed E-state index contributed by atoms with van der Waals surface area (Å²) in [6.45, 7) is 3.94. The molecular formula is C12H14O5. The molecule has 0 aromatic heterocycles. The maximum absolute atomic E-state index is 11.1. The van der Waals surface area contributed by atoms with Gasteiger partial charge >= 0.3 is 11.9 Å². The minimum absolute atomic E-state index is 0.189. The van der Waals surface area contributed by atoms with E-state index in [-0.39, 0.29) is 11.1 Å². The lowest BCUT2D eigenvalue weighted by molar-refractivity contribution is 0.0650. The van der Waals surface area contributed by atoms with E-state index in [0.29, 0.717) is 24.3 Å². The van der Waals surface area contributed by atoms with Gasteiger partial charge in [-0.2, -0.15) is 0 Å². The second-order valence-corrected chi connectivity index (χ2v) is 3.36. The van der Waals surface area contributed by atoms with Crippen molar-refractivity contribution >= 4 is 11.9 Å². The van der Waals surface area contributed by atoms with Crippen LogP contribution in [0.1, 0.15) is 40.1 Å². The van der Waals surface area contributed by atoms with Crippen LogP contribution in [0.4, 0.5) is 0 Å². The molecule has 92 valence electrons. The molecule has 0 bridgehead atoms. The van der Waals surface area contributed by atoms with E-state index in [1.54, 1.807) is 13.8 Å². The minimum atomic E-state index is -1.25. The molecule has 0 aliphatic carbocycles. The number of aromatic carboxylic acids is 2. The van der Waals surface area contributed by atoms with Crippen LogP contribution in [-0.2, 0) is 6.42 Å². The fraction of sp³-hybridized carbons (Fsp3) is 0.333. The van der Waals surface area contributed by atoms with Gasteiger partial charge < -0.3 is 14.9 Å². The van der Waals surface area contributed by atoms with Crippen LogP contribution in [0.5, 0.6) is 5.75 Å². The second-order valence-electron chi connectivity index (χ2n) is 3.36. The van der Waals surface area contributed by atoms with E-state index < -0.39 is 11.9 Å². The largest absolute Gasteiger partial charge is 0.494 e. The Hall–Kier alpha value is -2.04. The Kier molecular flexibility index (Phi) is 4.09. The van der Waals surface area contributed by atoms with Crippen LogP contribution >= 0.6 is 0 Å². The summed E-state index contributed by atoms with van der Waals surface area (Å²) >= 11 is 0. The average molecular weight is 238 g/mol. The Labute approximate surface area is 98.6 Å². The van der Waals surface area contributed by atoms with Gasteiger partial charge in [-0.25, -0.2) is 9.59 Å². The molecule has 0 fully saturated rings. The van der Waals surface area contributed by atoms with Crippen molar-refractivity contribution in [1.29, 1.82) is 0 Å². The van der Waals surface area contributed by atoms with Gasteiger partial charge in [-0.1, -0.05) is 6.92 Å². The van der Waals surface area contributed by atoms with Crippen molar-refractivity contribution in [2.45, 2.75) is 20.3 Å². The van der Waals surface area contributed by atoms with Crippen molar-refractivity contribution in [3.8, 4) is 5.75 Å². The van der Waals surface area contributed by atoms with Crippen LogP contribution in [0.2, 0.25) is 0 Å². The van der Waals surface area contributed by atoms with Gasteiger partial charge in [0.25, 0.3) is 0 Å².